The highest BCUT2D eigenvalue weighted by molar-refractivity contribution is 7.91. The molecule has 5 heteroatoms. The molecule has 0 heterocycles. The Morgan fingerprint density at radius 2 is 2.13 bits per heavy atom. The Hall–Kier alpha value is -0.130. The van der Waals surface area contributed by atoms with Crippen molar-refractivity contribution in [1.29, 1.82) is 0 Å². The van der Waals surface area contributed by atoms with Gasteiger partial charge in [0, 0.05) is 18.8 Å². The van der Waals surface area contributed by atoms with Crippen molar-refractivity contribution >= 4 is 9.84 Å². The van der Waals surface area contributed by atoms with E-state index in [4.69, 9.17) is 5.11 Å². The molecule has 1 rings (SSSR count). The third kappa shape index (κ3) is 4.49. The Balaban J connectivity index is 2.43. The van der Waals surface area contributed by atoms with Crippen molar-refractivity contribution in [3.63, 3.8) is 0 Å². The number of sulfone groups is 1. The average Bonchev–Trinajstić information content (AvgIpc) is 2.14. The summed E-state index contributed by atoms with van der Waals surface area (Å²) < 4.78 is 22.8. The molecule has 0 spiro atoms. The van der Waals surface area contributed by atoms with Crippen LogP contribution in [0.4, 0.5) is 0 Å². The van der Waals surface area contributed by atoms with Gasteiger partial charge in [0.25, 0.3) is 0 Å². The molecule has 1 aliphatic carbocycles. The van der Waals surface area contributed by atoms with Crippen molar-refractivity contribution in [3.05, 3.63) is 0 Å². The third-order valence-corrected chi connectivity index (χ3v) is 4.57. The Morgan fingerprint density at radius 1 is 1.47 bits per heavy atom. The van der Waals surface area contributed by atoms with Crippen LogP contribution in [-0.4, -0.2) is 43.7 Å². The molecule has 0 bridgehead atoms. The zero-order chi connectivity index (χ0) is 11.5. The molecule has 0 saturated heterocycles. The molecule has 3 atom stereocenters. The molecular formula is C10H21NO3S. The minimum atomic E-state index is -2.90. The van der Waals surface area contributed by atoms with Crippen LogP contribution in [0.25, 0.3) is 0 Å². The molecule has 1 saturated carbocycles. The highest BCUT2D eigenvalue weighted by Crippen LogP contribution is 2.23. The molecule has 0 aliphatic heterocycles. The van der Waals surface area contributed by atoms with Gasteiger partial charge in [-0.15, -0.1) is 0 Å². The summed E-state index contributed by atoms with van der Waals surface area (Å²) in [4.78, 5) is 0. The van der Waals surface area contributed by atoms with Crippen molar-refractivity contribution in [1.82, 2.24) is 5.32 Å². The predicted octanol–water partition coefficient (Wildman–Crippen LogP) is 0.313. The van der Waals surface area contributed by atoms with Gasteiger partial charge in [-0.05, 0) is 26.2 Å². The van der Waals surface area contributed by atoms with Gasteiger partial charge in [0.05, 0.1) is 11.4 Å². The van der Waals surface area contributed by atoms with E-state index in [1.807, 2.05) is 0 Å². The minimum Gasteiger partial charge on any atom is -0.392 e. The number of nitrogens with one attached hydrogen (secondary N) is 1. The molecule has 1 fully saturated rings. The van der Waals surface area contributed by atoms with E-state index in [-0.39, 0.29) is 17.4 Å². The first-order chi connectivity index (χ1) is 6.89. The molecular weight excluding hydrogens is 214 g/mol. The van der Waals surface area contributed by atoms with Crippen LogP contribution in [0.3, 0.4) is 0 Å². The van der Waals surface area contributed by atoms with Gasteiger partial charge in [0.1, 0.15) is 9.84 Å². The van der Waals surface area contributed by atoms with Gasteiger partial charge in [-0.3, -0.25) is 0 Å². The van der Waals surface area contributed by atoms with Crippen LogP contribution in [0, 0.1) is 0 Å². The first kappa shape index (κ1) is 12.9. The molecule has 4 nitrogen and oxygen atoms in total. The molecule has 1 aliphatic rings. The predicted molar refractivity (Wildman–Crippen MR) is 60.6 cm³/mol. The highest BCUT2D eigenvalue weighted by Gasteiger charge is 2.28. The standard InChI is InChI=1S/C10H21NO3S/c1-8(12)7-11-9-4-3-5-10(6-9)15(2,13)14/h8-12H,3-7H2,1-2H3. The summed E-state index contributed by atoms with van der Waals surface area (Å²) in [7, 11) is -2.90. The fourth-order valence-corrected chi connectivity index (χ4v) is 3.23. The van der Waals surface area contributed by atoms with E-state index in [9.17, 15) is 8.42 Å². The molecule has 0 aromatic rings. The van der Waals surface area contributed by atoms with E-state index in [1.54, 1.807) is 6.92 Å². The van der Waals surface area contributed by atoms with E-state index in [1.165, 1.54) is 6.26 Å². The van der Waals surface area contributed by atoms with Gasteiger partial charge in [-0.25, -0.2) is 8.42 Å². The van der Waals surface area contributed by atoms with Crippen LogP contribution in [0.1, 0.15) is 32.6 Å². The lowest BCUT2D eigenvalue weighted by atomic mass is 9.95. The van der Waals surface area contributed by atoms with Crippen molar-refractivity contribution in [2.75, 3.05) is 12.8 Å². The number of rotatable bonds is 4. The van der Waals surface area contributed by atoms with Crippen LogP contribution in [-0.2, 0) is 9.84 Å². The van der Waals surface area contributed by atoms with Crippen LogP contribution in [0.5, 0.6) is 0 Å². The summed E-state index contributed by atoms with van der Waals surface area (Å²) in [6.45, 7) is 2.27. The second-order valence-electron chi connectivity index (χ2n) is 4.57. The molecule has 3 unspecified atom stereocenters. The fraction of sp³-hybridized carbons (Fsp3) is 1.00. The van der Waals surface area contributed by atoms with Gasteiger partial charge in [-0.2, -0.15) is 0 Å². The van der Waals surface area contributed by atoms with Crippen molar-refractivity contribution < 1.29 is 13.5 Å². The molecule has 0 amide bonds. The maximum Gasteiger partial charge on any atom is 0.150 e. The lowest BCUT2D eigenvalue weighted by Gasteiger charge is -2.29. The number of aliphatic hydroxyl groups excluding tert-OH is 1. The van der Waals surface area contributed by atoms with Gasteiger partial charge < -0.3 is 10.4 Å². The zero-order valence-electron chi connectivity index (χ0n) is 9.44. The Morgan fingerprint density at radius 3 is 2.67 bits per heavy atom. The molecule has 0 aromatic carbocycles. The first-order valence-corrected chi connectivity index (χ1v) is 7.45. The Bertz CT molecular complexity index is 287. The lowest BCUT2D eigenvalue weighted by molar-refractivity contribution is 0.181. The van der Waals surface area contributed by atoms with Crippen molar-refractivity contribution in [2.45, 2.75) is 50.0 Å². The Kier molecular flexibility index (Phi) is 4.55. The summed E-state index contributed by atoms with van der Waals surface area (Å²) in [5.74, 6) is 0. The van der Waals surface area contributed by atoms with Crippen molar-refractivity contribution in [3.8, 4) is 0 Å². The number of hydrogen-bond donors (Lipinski definition) is 2. The second kappa shape index (κ2) is 5.27. The topological polar surface area (TPSA) is 66.4 Å². The summed E-state index contributed by atoms with van der Waals surface area (Å²) in [5.41, 5.74) is 0. The Labute approximate surface area is 92.0 Å². The van der Waals surface area contributed by atoms with Gasteiger partial charge in [0.2, 0.25) is 0 Å². The SMILES string of the molecule is CC(O)CNC1CCCC(S(C)(=O)=O)C1. The highest BCUT2D eigenvalue weighted by atomic mass is 32.2. The first-order valence-electron chi connectivity index (χ1n) is 5.50. The van der Waals surface area contributed by atoms with Crippen molar-refractivity contribution in [2.24, 2.45) is 0 Å². The monoisotopic (exact) mass is 235 g/mol. The summed E-state index contributed by atoms with van der Waals surface area (Å²) in [6, 6.07) is 0.244. The smallest absolute Gasteiger partial charge is 0.150 e. The van der Waals surface area contributed by atoms with E-state index < -0.39 is 9.84 Å². The number of aliphatic hydroxyl groups is 1. The lowest BCUT2D eigenvalue weighted by Crippen LogP contribution is -2.41. The minimum absolute atomic E-state index is 0.197. The van der Waals surface area contributed by atoms with Crippen LogP contribution >= 0.6 is 0 Å². The summed E-state index contributed by atoms with van der Waals surface area (Å²) in [5, 5.41) is 12.1. The number of hydrogen-bond acceptors (Lipinski definition) is 4. The van der Waals surface area contributed by atoms with E-state index in [0.717, 1.165) is 19.3 Å². The normalized spacial score (nSPS) is 30.1. The van der Waals surface area contributed by atoms with E-state index >= 15 is 0 Å². The second-order valence-corrected chi connectivity index (χ2v) is 6.90. The molecule has 15 heavy (non-hydrogen) atoms. The zero-order valence-corrected chi connectivity index (χ0v) is 10.3. The van der Waals surface area contributed by atoms with E-state index in [2.05, 4.69) is 5.32 Å². The van der Waals surface area contributed by atoms with Crippen LogP contribution in [0.15, 0.2) is 0 Å². The quantitative estimate of drug-likeness (QED) is 0.736. The van der Waals surface area contributed by atoms with Gasteiger partial charge in [0.15, 0.2) is 0 Å². The van der Waals surface area contributed by atoms with E-state index in [0.29, 0.717) is 13.0 Å². The van der Waals surface area contributed by atoms with Crippen LogP contribution < -0.4 is 5.32 Å². The molecule has 0 radical (unpaired) electrons. The molecule has 0 aromatic heterocycles. The summed E-state index contributed by atoms with van der Waals surface area (Å²) >= 11 is 0. The third-order valence-electron chi connectivity index (χ3n) is 2.93. The van der Waals surface area contributed by atoms with Gasteiger partial charge in [-0.1, -0.05) is 6.42 Å². The maximum absolute atomic E-state index is 11.4. The molecule has 2 N–H and O–H groups in total. The van der Waals surface area contributed by atoms with Gasteiger partial charge >= 0.3 is 0 Å². The average molecular weight is 235 g/mol. The molecule has 90 valence electrons. The summed E-state index contributed by atoms with van der Waals surface area (Å²) in [6.07, 6.45) is 4.38. The van der Waals surface area contributed by atoms with Crippen LogP contribution in [0.2, 0.25) is 0 Å². The maximum atomic E-state index is 11.4. The fourth-order valence-electron chi connectivity index (χ4n) is 2.06. The largest absolute Gasteiger partial charge is 0.392 e.